The van der Waals surface area contributed by atoms with Crippen LogP contribution in [0.1, 0.15) is 49.3 Å². The maximum absolute atomic E-state index is 4.82. The Kier molecular flexibility index (Phi) is 9.02. The molecule has 0 amide bonds. The van der Waals surface area contributed by atoms with Gasteiger partial charge in [0.2, 0.25) is 0 Å². The fraction of sp³-hybridized carbons (Fsp3) is 0.455. The number of aliphatic imine (C=N–C) groups is 1. The first-order chi connectivity index (χ1) is 14.4. The van der Waals surface area contributed by atoms with Crippen molar-refractivity contribution in [3.63, 3.8) is 0 Å². The average Bonchev–Trinajstić information content (AvgIpc) is 3.30. The van der Waals surface area contributed by atoms with Gasteiger partial charge in [0.05, 0.1) is 12.2 Å². The largest absolute Gasteiger partial charge is 0.357 e. The van der Waals surface area contributed by atoms with E-state index in [9.17, 15) is 0 Å². The minimum absolute atomic E-state index is 0. The second-order valence-electron chi connectivity index (χ2n) is 7.76. The molecule has 0 aromatic carbocycles. The fourth-order valence-corrected chi connectivity index (χ4v) is 3.40. The monoisotopic (exact) mass is 536 g/mol. The van der Waals surface area contributed by atoms with E-state index < -0.39 is 0 Å². The molecule has 0 aliphatic carbocycles. The van der Waals surface area contributed by atoms with E-state index in [0.717, 1.165) is 41.9 Å². The first-order valence-corrected chi connectivity index (χ1v) is 10.4. The number of guanidine groups is 1. The first kappa shape index (κ1) is 24.8. The Morgan fingerprint density at radius 2 is 2.03 bits per heavy atom. The molecule has 0 saturated carbocycles. The van der Waals surface area contributed by atoms with Gasteiger partial charge >= 0.3 is 0 Å². The minimum Gasteiger partial charge on any atom is -0.357 e. The van der Waals surface area contributed by atoms with Gasteiger partial charge in [0, 0.05) is 57.5 Å². The zero-order chi connectivity index (χ0) is 21.7. The molecular weight excluding hydrogens is 503 g/mol. The second-order valence-corrected chi connectivity index (χ2v) is 7.76. The van der Waals surface area contributed by atoms with Crippen LogP contribution in [0.2, 0.25) is 0 Å². The third-order valence-electron chi connectivity index (χ3n) is 4.88. The summed E-state index contributed by atoms with van der Waals surface area (Å²) in [5.74, 6) is 3.03. The Labute approximate surface area is 201 Å². The number of aryl methyl sites for hydroxylation is 2. The van der Waals surface area contributed by atoms with Crippen molar-refractivity contribution in [1.82, 2.24) is 34.5 Å². The molecule has 0 aliphatic rings. The smallest absolute Gasteiger partial charge is 0.194 e. The van der Waals surface area contributed by atoms with E-state index in [4.69, 9.17) is 4.99 Å². The second kappa shape index (κ2) is 11.3. The molecule has 3 rings (SSSR count). The molecule has 3 heterocycles. The minimum atomic E-state index is 0. The third kappa shape index (κ3) is 6.28. The summed E-state index contributed by atoms with van der Waals surface area (Å²) in [6, 6.07) is 4.06. The molecule has 3 aromatic rings. The summed E-state index contributed by atoms with van der Waals surface area (Å²) in [4.78, 5) is 15.8. The lowest BCUT2D eigenvalue weighted by Crippen LogP contribution is -2.38. The summed E-state index contributed by atoms with van der Waals surface area (Å²) >= 11 is 0. The zero-order valence-electron chi connectivity index (χ0n) is 19.2. The van der Waals surface area contributed by atoms with E-state index in [1.165, 1.54) is 5.56 Å². The van der Waals surface area contributed by atoms with Crippen molar-refractivity contribution in [2.24, 2.45) is 12.0 Å². The van der Waals surface area contributed by atoms with E-state index in [-0.39, 0.29) is 24.0 Å². The molecule has 0 atom stereocenters. The van der Waals surface area contributed by atoms with Gasteiger partial charge in [0.25, 0.3) is 0 Å². The topological polar surface area (TPSA) is 76.2 Å². The van der Waals surface area contributed by atoms with Crippen molar-refractivity contribution in [2.45, 2.75) is 46.7 Å². The number of halogens is 1. The highest BCUT2D eigenvalue weighted by atomic mass is 127. The van der Waals surface area contributed by atoms with Gasteiger partial charge in [-0.05, 0) is 31.4 Å². The molecule has 0 unspecified atom stereocenters. The van der Waals surface area contributed by atoms with Crippen molar-refractivity contribution in [3.8, 4) is 5.82 Å². The summed E-state index contributed by atoms with van der Waals surface area (Å²) in [5, 5.41) is 8.00. The maximum Gasteiger partial charge on any atom is 0.194 e. The number of imidazole rings is 1. The lowest BCUT2D eigenvalue weighted by molar-refractivity contribution is 0.473. The van der Waals surface area contributed by atoms with Crippen LogP contribution in [0, 0.1) is 6.92 Å². The lowest BCUT2D eigenvalue weighted by Gasteiger charge is -2.22. The highest BCUT2D eigenvalue weighted by Crippen LogP contribution is 2.18. The molecule has 1 N–H and O–H groups in total. The fourth-order valence-electron chi connectivity index (χ4n) is 3.40. The zero-order valence-corrected chi connectivity index (χ0v) is 21.5. The molecular formula is C22H33IN8. The molecule has 0 radical (unpaired) electrons. The molecule has 0 fully saturated rings. The van der Waals surface area contributed by atoms with Gasteiger partial charge in [-0.3, -0.25) is 9.25 Å². The lowest BCUT2D eigenvalue weighted by atomic mass is 10.1. The Bertz CT molecular complexity index is 987. The quantitative estimate of drug-likeness (QED) is 0.284. The Hall–Kier alpha value is -2.43. The summed E-state index contributed by atoms with van der Waals surface area (Å²) in [6.07, 6.45) is 7.66. The van der Waals surface area contributed by atoms with E-state index in [1.54, 1.807) is 6.20 Å². The average molecular weight is 536 g/mol. The van der Waals surface area contributed by atoms with Crippen LogP contribution >= 0.6 is 24.0 Å². The van der Waals surface area contributed by atoms with Crippen LogP contribution in [0.25, 0.3) is 5.82 Å². The number of rotatable bonds is 7. The van der Waals surface area contributed by atoms with Gasteiger partial charge in [0.1, 0.15) is 11.6 Å². The van der Waals surface area contributed by atoms with Crippen molar-refractivity contribution in [1.29, 1.82) is 0 Å². The van der Waals surface area contributed by atoms with Crippen molar-refractivity contribution >= 4 is 29.9 Å². The summed E-state index contributed by atoms with van der Waals surface area (Å²) < 4.78 is 3.85. The van der Waals surface area contributed by atoms with E-state index in [2.05, 4.69) is 65.4 Å². The van der Waals surface area contributed by atoms with Crippen LogP contribution in [-0.2, 0) is 20.1 Å². The predicted octanol–water partition coefficient (Wildman–Crippen LogP) is 3.65. The molecule has 168 valence electrons. The van der Waals surface area contributed by atoms with Crippen LogP contribution in [0.3, 0.4) is 0 Å². The van der Waals surface area contributed by atoms with Crippen molar-refractivity contribution in [3.05, 3.63) is 59.6 Å². The van der Waals surface area contributed by atoms with E-state index >= 15 is 0 Å². The van der Waals surface area contributed by atoms with Crippen LogP contribution in [-0.4, -0.2) is 48.8 Å². The van der Waals surface area contributed by atoms with Gasteiger partial charge in [-0.15, -0.1) is 24.0 Å². The molecule has 31 heavy (non-hydrogen) atoms. The number of hydrogen-bond donors (Lipinski definition) is 1. The van der Waals surface area contributed by atoms with Gasteiger partial charge in [0.15, 0.2) is 5.96 Å². The van der Waals surface area contributed by atoms with E-state index in [0.29, 0.717) is 12.5 Å². The number of nitrogens with zero attached hydrogens (tertiary/aromatic N) is 7. The molecule has 0 spiro atoms. The van der Waals surface area contributed by atoms with Crippen molar-refractivity contribution in [2.75, 3.05) is 13.6 Å². The van der Waals surface area contributed by atoms with Gasteiger partial charge < -0.3 is 10.2 Å². The number of aromatic nitrogens is 5. The third-order valence-corrected chi connectivity index (χ3v) is 4.88. The van der Waals surface area contributed by atoms with Gasteiger partial charge in [-0.2, -0.15) is 5.10 Å². The van der Waals surface area contributed by atoms with Gasteiger partial charge in [-0.1, -0.05) is 19.9 Å². The molecule has 9 heteroatoms. The Morgan fingerprint density at radius 3 is 2.61 bits per heavy atom. The summed E-state index contributed by atoms with van der Waals surface area (Å²) in [7, 11) is 4.03. The first-order valence-electron chi connectivity index (χ1n) is 10.4. The number of pyridine rings is 1. The molecule has 3 aromatic heterocycles. The van der Waals surface area contributed by atoms with E-state index in [1.807, 2.05) is 41.7 Å². The number of nitrogens with one attached hydrogen (secondary N) is 1. The summed E-state index contributed by atoms with van der Waals surface area (Å²) in [6.45, 7) is 10.5. The number of hydrogen-bond acceptors (Lipinski definition) is 4. The normalized spacial score (nSPS) is 11.5. The highest BCUT2D eigenvalue weighted by molar-refractivity contribution is 14.0. The maximum atomic E-state index is 4.82. The molecule has 0 bridgehead atoms. The molecule has 0 saturated heterocycles. The SMILES string of the molecule is CCNC(=NCc1ccc(-n2ccnc2C)nc1)N(C)Cc1cn(C)nc1C(C)C.I. The summed E-state index contributed by atoms with van der Waals surface area (Å²) in [5.41, 5.74) is 3.42. The predicted molar refractivity (Wildman–Crippen MR) is 135 cm³/mol. The molecule has 8 nitrogen and oxygen atoms in total. The standard InChI is InChI=1S/C22H32N8.HI/c1-7-23-22(28(5)14-19-15-29(6)27-21(19)16(2)3)26-13-18-8-9-20(25-12-18)30-11-10-24-17(30)4;/h8-12,15-16H,7,13-14H2,1-6H3,(H,23,26);1H. The Balaban J connectivity index is 0.00000341. The van der Waals surface area contributed by atoms with Crippen LogP contribution < -0.4 is 5.32 Å². The van der Waals surface area contributed by atoms with Crippen LogP contribution in [0.4, 0.5) is 0 Å². The Morgan fingerprint density at radius 1 is 1.26 bits per heavy atom. The molecule has 0 aliphatic heterocycles. The van der Waals surface area contributed by atoms with Crippen molar-refractivity contribution < 1.29 is 0 Å². The van der Waals surface area contributed by atoms with Crippen LogP contribution in [0.15, 0.2) is 41.9 Å². The highest BCUT2D eigenvalue weighted by Gasteiger charge is 2.15. The van der Waals surface area contributed by atoms with Gasteiger partial charge in [-0.25, -0.2) is 15.0 Å². The van der Waals surface area contributed by atoms with Crippen LogP contribution in [0.5, 0.6) is 0 Å².